The van der Waals surface area contributed by atoms with Crippen LogP contribution in [0.2, 0.25) is 0 Å². The van der Waals surface area contributed by atoms with Crippen LogP contribution < -0.4 is 5.73 Å². The third-order valence-electron chi connectivity index (χ3n) is 2.81. The van der Waals surface area contributed by atoms with Gasteiger partial charge in [0, 0.05) is 18.6 Å². The first-order valence-corrected chi connectivity index (χ1v) is 5.39. The number of hydrogen-bond acceptors (Lipinski definition) is 3. The lowest BCUT2D eigenvalue weighted by Gasteiger charge is -2.05. The summed E-state index contributed by atoms with van der Waals surface area (Å²) in [5.41, 5.74) is 7.78. The third kappa shape index (κ3) is 1.54. The van der Waals surface area contributed by atoms with Gasteiger partial charge in [-0.2, -0.15) is 0 Å². The number of fused-ring (bicyclic) bond motifs is 1. The van der Waals surface area contributed by atoms with Crippen molar-refractivity contribution >= 4 is 16.7 Å². The van der Waals surface area contributed by atoms with Crippen LogP contribution in [0.1, 0.15) is 0 Å². The van der Waals surface area contributed by atoms with Gasteiger partial charge in [0.15, 0.2) is 5.82 Å². The van der Waals surface area contributed by atoms with Gasteiger partial charge in [-0.15, -0.1) is 0 Å². The Morgan fingerprint density at radius 3 is 2.65 bits per heavy atom. The molecule has 1 aromatic carbocycles. The van der Waals surface area contributed by atoms with Gasteiger partial charge in [-0.1, -0.05) is 12.1 Å². The second-order valence-electron chi connectivity index (χ2n) is 3.95. The van der Waals surface area contributed by atoms with Gasteiger partial charge < -0.3 is 10.3 Å². The van der Waals surface area contributed by atoms with E-state index in [4.69, 9.17) is 5.73 Å². The van der Waals surface area contributed by atoms with E-state index in [9.17, 15) is 0 Å². The number of aryl methyl sites for hydroxylation is 1. The molecule has 0 aliphatic heterocycles. The monoisotopic (exact) mass is 224 g/mol. The van der Waals surface area contributed by atoms with Crippen molar-refractivity contribution in [3.05, 3.63) is 42.6 Å². The molecule has 0 amide bonds. The van der Waals surface area contributed by atoms with Crippen LogP contribution in [0.5, 0.6) is 0 Å². The third-order valence-corrected chi connectivity index (χ3v) is 2.81. The van der Waals surface area contributed by atoms with Crippen molar-refractivity contribution in [2.75, 3.05) is 5.73 Å². The fraction of sp³-hybridized carbons (Fsp3) is 0.0769. The Balaban J connectivity index is 2.29. The quantitative estimate of drug-likeness (QED) is 0.689. The molecule has 0 fully saturated rings. The zero-order valence-electron chi connectivity index (χ0n) is 9.46. The smallest absolute Gasteiger partial charge is 0.178 e. The lowest BCUT2D eigenvalue weighted by Crippen LogP contribution is -2.00. The molecule has 3 aromatic rings. The van der Waals surface area contributed by atoms with E-state index in [0.29, 0.717) is 11.6 Å². The van der Waals surface area contributed by atoms with E-state index >= 15 is 0 Å². The lowest BCUT2D eigenvalue weighted by molar-refractivity contribution is 0.924. The summed E-state index contributed by atoms with van der Waals surface area (Å²) in [6, 6.07) is 11.7. The predicted octanol–water partition coefficient (Wildman–Crippen LogP) is 2.22. The van der Waals surface area contributed by atoms with Crippen LogP contribution in [0.3, 0.4) is 0 Å². The first kappa shape index (κ1) is 9.84. The Hall–Kier alpha value is -2.36. The molecular formula is C13H12N4. The molecule has 84 valence electrons. The second-order valence-corrected chi connectivity index (χ2v) is 3.95. The molecular weight excluding hydrogens is 212 g/mol. The predicted molar refractivity (Wildman–Crippen MR) is 68.4 cm³/mol. The minimum absolute atomic E-state index is 0.520. The van der Waals surface area contributed by atoms with Gasteiger partial charge in [0.05, 0.1) is 11.2 Å². The van der Waals surface area contributed by atoms with Crippen molar-refractivity contribution in [1.29, 1.82) is 0 Å². The highest BCUT2D eigenvalue weighted by atomic mass is 15.0. The van der Waals surface area contributed by atoms with Crippen molar-refractivity contribution in [3.8, 4) is 11.5 Å². The fourth-order valence-electron chi connectivity index (χ4n) is 1.91. The number of hydrogen-bond donors (Lipinski definition) is 1. The number of nitrogens with two attached hydrogens (primary N) is 1. The normalized spacial score (nSPS) is 10.9. The van der Waals surface area contributed by atoms with Crippen molar-refractivity contribution in [2.24, 2.45) is 7.05 Å². The van der Waals surface area contributed by atoms with Gasteiger partial charge in [-0.05, 0) is 24.3 Å². The number of benzene rings is 1. The zero-order valence-corrected chi connectivity index (χ0v) is 9.46. The number of para-hydroxylation sites is 1. The Labute approximate surface area is 98.7 Å². The fourth-order valence-corrected chi connectivity index (χ4v) is 1.91. The number of aromatic nitrogens is 3. The molecule has 2 heterocycles. The average Bonchev–Trinajstić information content (AvgIpc) is 2.75. The van der Waals surface area contributed by atoms with E-state index < -0.39 is 0 Å². The topological polar surface area (TPSA) is 56.7 Å². The van der Waals surface area contributed by atoms with Gasteiger partial charge >= 0.3 is 0 Å². The molecule has 4 nitrogen and oxygen atoms in total. The first-order chi connectivity index (χ1) is 8.25. The summed E-state index contributed by atoms with van der Waals surface area (Å²) < 4.78 is 1.98. The molecule has 0 bridgehead atoms. The van der Waals surface area contributed by atoms with Crippen molar-refractivity contribution in [2.45, 2.75) is 0 Å². The number of rotatable bonds is 1. The highest BCUT2D eigenvalue weighted by Crippen LogP contribution is 2.22. The number of nitrogen functional groups attached to an aromatic ring is 1. The molecule has 2 aromatic heterocycles. The minimum Gasteiger partial charge on any atom is -0.383 e. The van der Waals surface area contributed by atoms with E-state index in [-0.39, 0.29) is 0 Å². The van der Waals surface area contributed by atoms with Gasteiger partial charge in [-0.25, -0.2) is 9.97 Å². The summed E-state index contributed by atoms with van der Waals surface area (Å²) in [4.78, 5) is 8.88. The second kappa shape index (κ2) is 3.59. The molecule has 0 saturated carbocycles. The summed E-state index contributed by atoms with van der Waals surface area (Å²) in [6.45, 7) is 0. The molecule has 17 heavy (non-hydrogen) atoms. The first-order valence-electron chi connectivity index (χ1n) is 5.39. The summed E-state index contributed by atoms with van der Waals surface area (Å²) >= 11 is 0. The summed E-state index contributed by atoms with van der Waals surface area (Å²) in [5.74, 6) is 1.18. The molecule has 0 atom stereocenters. The van der Waals surface area contributed by atoms with Crippen LogP contribution in [0.4, 0.5) is 5.82 Å². The number of anilines is 1. The van der Waals surface area contributed by atoms with Crippen LogP contribution >= 0.6 is 0 Å². The van der Waals surface area contributed by atoms with E-state index in [0.717, 1.165) is 16.6 Å². The zero-order chi connectivity index (χ0) is 11.8. The molecule has 3 rings (SSSR count). The molecule has 2 N–H and O–H groups in total. The highest BCUT2D eigenvalue weighted by molar-refractivity contribution is 5.89. The van der Waals surface area contributed by atoms with E-state index in [1.54, 1.807) is 0 Å². The lowest BCUT2D eigenvalue weighted by atomic mass is 10.2. The summed E-state index contributed by atoms with van der Waals surface area (Å²) in [6.07, 6.45) is 1.96. The summed E-state index contributed by atoms with van der Waals surface area (Å²) in [7, 11) is 1.96. The van der Waals surface area contributed by atoms with Crippen LogP contribution in [0, 0.1) is 0 Å². The average molecular weight is 224 g/mol. The SMILES string of the molecule is Cn1cccc1-c1nc(N)c2ccccc2n1. The van der Waals surface area contributed by atoms with E-state index in [1.807, 2.05) is 54.2 Å². The molecule has 0 spiro atoms. The minimum atomic E-state index is 0.520. The molecule has 0 aliphatic rings. The molecule has 0 saturated heterocycles. The Kier molecular flexibility index (Phi) is 2.08. The van der Waals surface area contributed by atoms with Gasteiger partial charge in [0.2, 0.25) is 0 Å². The van der Waals surface area contributed by atoms with Crippen LogP contribution in [0.15, 0.2) is 42.6 Å². The Morgan fingerprint density at radius 1 is 1.06 bits per heavy atom. The van der Waals surface area contributed by atoms with Gasteiger partial charge in [-0.3, -0.25) is 0 Å². The maximum atomic E-state index is 5.95. The molecule has 4 heteroatoms. The van der Waals surface area contributed by atoms with Crippen LogP contribution in [-0.2, 0) is 7.05 Å². The molecule has 0 radical (unpaired) electrons. The maximum absolute atomic E-state index is 5.95. The van der Waals surface area contributed by atoms with Crippen LogP contribution in [-0.4, -0.2) is 14.5 Å². The Morgan fingerprint density at radius 2 is 1.88 bits per heavy atom. The van der Waals surface area contributed by atoms with Crippen molar-refractivity contribution in [3.63, 3.8) is 0 Å². The molecule has 0 aliphatic carbocycles. The highest BCUT2D eigenvalue weighted by Gasteiger charge is 2.08. The van der Waals surface area contributed by atoms with Crippen molar-refractivity contribution in [1.82, 2.24) is 14.5 Å². The van der Waals surface area contributed by atoms with E-state index in [2.05, 4.69) is 9.97 Å². The number of nitrogens with zero attached hydrogens (tertiary/aromatic N) is 3. The standard InChI is InChI=1S/C13H12N4/c1-17-8-4-7-11(17)13-15-10-6-3-2-5-9(10)12(14)16-13/h2-8H,1H3,(H2,14,15,16). The van der Waals surface area contributed by atoms with Gasteiger partial charge in [0.25, 0.3) is 0 Å². The largest absolute Gasteiger partial charge is 0.383 e. The molecule has 0 unspecified atom stereocenters. The summed E-state index contributed by atoms with van der Waals surface area (Å²) in [5, 5.41) is 0.894. The van der Waals surface area contributed by atoms with E-state index in [1.165, 1.54) is 0 Å². The van der Waals surface area contributed by atoms with Gasteiger partial charge in [0.1, 0.15) is 5.82 Å². The maximum Gasteiger partial charge on any atom is 0.178 e. The Bertz CT molecular complexity index is 685. The van der Waals surface area contributed by atoms with Crippen molar-refractivity contribution < 1.29 is 0 Å². The van der Waals surface area contributed by atoms with Crippen LogP contribution in [0.25, 0.3) is 22.4 Å².